The van der Waals surface area contributed by atoms with Crippen molar-refractivity contribution in [2.24, 2.45) is 11.7 Å². The third-order valence-corrected chi connectivity index (χ3v) is 8.51. The van der Waals surface area contributed by atoms with E-state index in [1.807, 2.05) is 0 Å². The van der Waals surface area contributed by atoms with Gasteiger partial charge in [-0.2, -0.15) is 4.31 Å². The van der Waals surface area contributed by atoms with Gasteiger partial charge in [0.2, 0.25) is 10.0 Å². The smallest absolute Gasteiger partial charge is 0.269 e. The summed E-state index contributed by atoms with van der Waals surface area (Å²) in [6, 6.07) is 3.94. The third-order valence-electron chi connectivity index (χ3n) is 4.40. The lowest BCUT2D eigenvalue weighted by atomic mass is 10.0. The standard InChI is InChI=1S/C12H15N3O6S2/c13-11-7-22(18,19)12-6-14(5-10(11)12)23(20,21)9-3-1-8(2-4-9)15(16)17/h1-4,10-12H,5-7,13H2/t10-,11+,12-/m1/s1. The molecule has 2 N–H and O–H groups in total. The minimum Gasteiger partial charge on any atom is -0.326 e. The maximum absolute atomic E-state index is 12.6. The fourth-order valence-corrected chi connectivity index (χ4v) is 7.01. The lowest BCUT2D eigenvalue weighted by Gasteiger charge is -2.18. The van der Waals surface area contributed by atoms with Crippen molar-refractivity contribution in [1.82, 2.24) is 4.31 Å². The number of fused-ring (bicyclic) bond motifs is 1. The van der Waals surface area contributed by atoms with Crippen molar-refractivity contribution in [2.75, 3.05) is 18.8 Å². The van der Waals surface area contributed by atoms with Gasteiger partial charge in [-0.15, -0.1) is 0 Å². The Morgan fingerprint density at radius 1 is 1.22 bits per heavy atom. The van der Waals surface area contributed by atoms with Gasteiger partial charge in [-0.05, 0) is 12.1 Å². The number of hydrogen-bond donors (Lipinski definition) is 1. The number of nitrogens with two attached hydrogens (primary N) is 1. The number of hydrogen-bond acceptors (Lipinski definition) is 7. The van der Waals surface area contributed by atoms with E-state index in [4.69, 9.17) is 5.73 Å². The van der Waals surface area contributed by atoms with Crippen LogP contribution < -0.4 is 5.73 Å². The third kappa shape index (κ3) is 2.63. The summed E-state index contributed by atoms with van der Waals surface area (Å²) in [4.78, 5) is 9.90. The van der Waals surface area contributed by atoms with Gasteiger partial charge in [-0.25, -0.2) is 16.8 Å². The summed E-state index contributed by atoms with van der Waals surface area (Å²) in [7, 11) is -7.29. The van der Waals surface area contributed by atoms with E-state index in [0.717, 1.165) is 28.6 Å². The lowest BCUT2D eigenvalue weighted by Crippen LogP contribution is -2.35. The first kappa shape index (κ1) is 16.3. The number of nitro groups is 1. The Morgan fingerprint density at radius 3 is 2.35 bits per heavy atom. The second-order valence-electron chi connectivity index (χ2n) is 5.77. The summed E-state index contributed by atoms with van der Waals surface area (Å²) in [5, 5.41) is 9.85. The van der Waals surface area contributed by atoms with Crippen LogP contribution in [0.3, 0.4) is 0 Å². The van der Waals surface area contributed by atoms with E-state index in [1.165, 1.54) is 0 Å². The zero-order valence-electron chi connectivity index (χ0n) is 11.9. The molecular formula is C12H15N3O6S2. The average molecular weight is 361 g/mol. The molecule has 2 aliphatic heterocycles. The lowest BCUT2D eigenvalue weighted by molar-refractivity contribution is -0.384. The minimum atomic E-state index is -3.91. The molecule has 11 heteroatoms. The summed E-state index contributed by atoms with van der Waals surface area (Å²) in [6.07, 6.45) is 0. The Kier molecular flexibility index (Phi) is 3.71. The van der Waals surface area contributed by atoms with Gasteiger partial charge in [-0.1, -0.05) is 0 Å². The monoisotopic (exact) mass is 361 g/mol. The van der Waals surface area contributed by atoms with E-state index < -0.39 is 42.0 Å². The fourth-order valence-electron chi connectivity index (χ4n) is 3.15. The van der Waals surface area contributed by atoms with Crippen molar-refractivity contribution < 1.29 is 21.8 Å². The topological polar surface area (TPSA) is 141 Å². The SMILES string of the molecule is N[C@H]1CS(=O)(=O)[C@@H]2CN(S(=O)(=O)c3ccc([N+](=O)[O-])cc3)C[C@@H]21. The number of nitrogens with zero attached hydrogens (tertiary/aromatic N) is 2. The first-order chi connectivity index (χ1) is 10.6. The molecule has 2 aliphatic rings. The van der Waals surface area contributed by atoms with E-state index in [9.17, 15) is 26.9 Å². The van der Waals surface area contributed by atoms with Crippen LogP contribution in [0.4, 0.5) is 5.69 Å². The number of non-ortho nitro benzene ring substituents is 1. The van der Waals surface area contributed by atoms with Gasteiger partial charge in [-0.3, -0.25) is 10.1 Å². The summed E-state index contributed by atoms with van der Waals surface area (Å²) in [5.41, 5.74) is 5.60. The molecule has 1 aromatic rings. The second kappa shape index (κ2) is 5.23. The Hall–Kier alpha value is -1.56. The molecule has 0 bridgehead atoms. The van der Waals surface area contributed by atoms with Crippen LogP contribution in [0.2, 0.25) is 0 Å². The van der Waals surface area contributed by atoms with Crippen molar-refractivity contribution in [3.8, 4) is 0 Å². The number of sulfonamides is 1. The highest BCUT2D eigenvalue weighted by Crippen LogP contribution is 2.35. The highest BCUT2D eigenvalue weighted by molar-refractivity contribution is 7.92. The highest BCUT2D eigenvalue weighted by Gasteiger charge is 2.53. The van der Waals surface area contributed by atoms with E-state index in [2.05, 4.69) is 0 Å². The first-order valence-corrected chi connectivity index (χ1v) is 10.0. The van der Waals surface area contributed by atoms with Crippen molar-refractivity contribution in [1.29, 1.82) is 0 Å². The van der Waals surface area contributed by atoms with Crippen molar-refractivity contribution in [2.45, 2.75) is 16.2 Å². The van der Waals surface area contributed by atoms with E-state index in [1.54, 1.807) is 0 Å². The number of benzene rings is 1. The molecule has 0 unspecified atom stereocenters. The van der Waals surface area contributed by atoms with Gasteiger partial charge in [0.25, 0.3) is 5.69 Å². The summed E-state index contributed by atoms with van der Waals surface area (Å²) in [5.74, 6) is -0.527. The fraction of sp³-hybridized carbons (Fsp3) is 0.500. The van der Waals surface area contributed by atoms with Gasteiger partial charge in [0.15, 0.2) is 9.84 Å². The van der Waals surface area contributed by atoms with Gasteiger partial charge < -0.3 is 5.73 Å². The maximum Gasteiger partial charge on any atom is 0.269 e. The van der Waals surface area contributed by atoms with Crippen LogP contribution in [0.25, 0.3) is 0 Å². The van der Waals surface area contributed by atoms with Gasteiger partial charge in [0.1, 0.15) is 0 Å². The zero-order valence-corrected chi connectivity index (χ0v) is 13.5. The average Bonchev–Trinajstić information content (AvgIpc) is 3.01. The molecule has 0 radical (unpaired) electrons. The molecular weight excluding hydrogens is 346 g/mol. The van der Waals surface area contributed by atoms with Crippen LogP contribution in [0, 0.1) is 16.0 Å². The van der Waals surface area contributed by atoms with Crippen molar-refractivity contribution >= 4 is 25.5 Å². The molecule has 2 heterocycles. The summed E-state index contributed by atoms with van der Waals surface area (Å²) >= 11 is 0. The van der Waals surface area contributed by atoms with Crippen LogP contribution in [0.5, 0.6) is 0 Å². The molecule has 3 rings (SSSR count). The quantitative estimate of drug-likeness (QED) is 0.556. The molecule has 2 saturated heterocycles. The van der Waals surface area contributed by atoms with Crippen LogP contribution in [-0.4, -0.2) is 56.2 Å². The van der Waals surface area contributed by atoms with Gasteiger partial charge >= 0.3 is 0 Å². The minimum absolute atomic E-state index is 0.0460. The first-order valence-electron chi connectivity index (χ1n) is 6.85. The number of nitro benzene ring substituents is 1. The van der Waals surface area contributed by atoms with Gasteiger partial charge in [0.05, 0.1) is 20.8 Å². The van der Waals surface area contributed by atoms with Crippen LogP contribution in [-0.2, 0) is 19.9 Å². The Balaban J connectivity index is 1.89. The summed E-state index contributed by atoms with van der Waals surface area (Å²) in [6.45, 7) is -0.0790. The van der Waals surface area contributed by atoms with E-state index in [0.29, 0.717) is 0 Å². The molecule has 3 atom stereocenters. The zero-order chi connectivity index (χ0) is 17.0. The molecule has 126 valence electrons. The van der Waals surface area contributed by atoms with Crippen molar-refractivity contribution in [3.63, 3.8) is 0 Å². The molecule has 1 aromatic carbocycles. The molecule has 0 amide bonds. The summed E-state index contributed by atoms with van der Waals surface area (Å²) < 4.78 is 50.3. The predicted octanol–water partition coefficient (Wildman–Crippen LogP) is -0.660. The molecule has 0 saturated carbocycles. The largest absolute Gasteiger partial charge is 0.326 e. The van der Waals surface area contributed by atoms with Crippen LogP contribution in [0.1, 0.15) is 0 Å². The molecule has 0 aliphatic carbocycles. The number of rotatable bonds is 3. The van der Waals surface area contributed by atoms with Crippen LogP contribution >= 0.6 is 0 Å². The molecule has 0 spiro atoms. The van der Waals surface area contributed by atoms with Crippen LogP contribution in [0.15, 0.2) is 29.2 Å². The van der Waals surface area contributed by atoms with E-state index in [-0.39, 0.29) is 29.4 Å². The van der Waals surface area contributed by atoms with E-state index >= 15 is 0 Å². The second-order valence-corrected chi connectivity index (χ2v) is 9.97. The molecule has 9 nitrogen and oxygen atoms in total. The predicted molar refractivity (Wildman–Crippen MR) is 80.9 cm³/mol. The van der Waals surface area contributed by atoms with Crippen molar-refractivity contribution in [3.05, 3.63) is 34.4 Å². The molecule has 0 aromatic heterocycles. The highest BCUT2D eigenvalue weighted by atomic mass is 32.2. The normalized spacial score (nSPS) is 30.2. The number of sulfone groups is 1. The molecule has 23 heavy (non-hydrogen) atoms. The molecule has 2 fully saturated rings. The Labute approximate surface area is 133 Å². The Morgan fingerprint density at radius 2 is 1.83 bits per heavy atom. The van der Waals surface area contributed by atoms with Gasteiger partial charge in [0, 0.05) is 37.2 Å². The maximum atomic E-state index is 12.6. The Bertz CT molecular complexity index is 849.